The van der Waals surface area contributed by atoms with Gasteiger partial charge in [-0.3, -0.25) is 24.6 Å². The number of fused-ring (bicyclic) bond motifs is 1. The van der Waals surface area contributed by atoms with Crippen LogP contribution in [0.1, 0.15) is 36.8 Å². The molecule has 3 aliphatic rings. The van der Waals surface area contributed by atoms with Gasteiger partial charge in [0.1, 0.15) is 6.29 Å². The van der Waals surface area contributed by atoms with Gasteiger partial charge in [-0.2, -0.15) is 0 Å². The number of hydrogen-bond acceptors (Lipinski definition) is 5. The number of amides is 3. The van der Waals surface area contributed by atoms with E-state index >= 15 is 0 Å². The highest BCUT2D eigenvalue weighted by Gasteiger charge is 2.49. The van der Waals surface area contributed by atoms with E-state index in [0.717, 1.165) is 37.1 Å². The normalized spacial score (nSPS) is 30.1. The molecule has 0 aliphatic carbocycles. The number of piperidine rings is 2. The van der Waals surface area contributed by atoms with E-state index in [0.29, 0.717) is 5.69 Å². The van der Waals surface area contributed by atoms with Crippen LogP contribution in [0.5, 0.6) is 0 Å². The summed E-state index contributed by atoms with van der Waals surface area (Å²) < 4.78 is 0. The molecule has 8 heteroatoms. The molecule has 0 spiro atoms. The number of nitrogens with one attached hydrogen (secondary N) is 4. The Hall–Kier alpha value is -2.45. The van der Waals surface area contributed by atoms with Crippen LogP contribution in [0, 0.1) is 25.7 Å². The zero-order chi connectivity index (χ0) is 20.5. The number of carbonyl (C=O) groups is 3. The molecule has 4 N–H and O–H groups in total. The van der Waals surface area contributed by atoms with E-state index in [4.69, 9.17) is 0 Å². The standard InChI is InChI=1S/C21H29N5O3/c1-12-6-7-15(13(2)10-12)22-19(28)14-11-16(27)23-18-17(14)20(29)25-21(24-18)26-8-4-3-5-9-26/h6-7,10,14,17-18,21,24H,3-5,8-9,11H2,1-2H3,(H,22,28)(H,23,27)(H,25,29). The van der Waals surface area contributed by atoms with Crippen LogP contribution < -0.4 is 21.3 Å². The molecule has 1 aromatic rings. The Morgan fingerprint density at radius 2 is 1.86 bits per heavy atom. The molecular weight excluding hydrogens is 370 g/mol. The van der Waals surface area contributed by atoms with Crippen molar-refractivity contribution >= 4 is 23.4 Å². The Morgan fingerprint density at radius 3 is 2.59 bits per heavy atom. The first-order valence-electron chi connectivity index (χ1n) is 10.4. The Balaban J connectivity index is 1.50. The highest BCUT2D eigenvalue weighted by molar-refractivity contribution is 6.00. The Morgan fingerprint density at radius 1 is 1.10 bits per heavy atom. The van der Waals surface area contributed by atoms with Gasteiger partial charge in [-0.25, -0.2) is 0 Å². The molecule has 0 saturated carbocycles. The van der Waals surface area contributed by atoms with Crippen molar-refractivity contribution in [3.8, 4) is 0 Å². The molecule has 3 saturated heterocycles. The molecule has 0 aromatic heterocycles. The van der Waals surface area contributed by atoms with Crippen LogP contribution in [0.25, 0.3) is 0 Å². The molecule has 29 heavy (non-hydrogen) atoms. The largest absolute Gasteiger partial charge is 0.340 e. The van der Waals surface area contributed by atoms with Gasteiger partial charge >= 0.3 is 0 Å². The monoisotopic (exact) mass is 399 g/mol. The maximum atomic E-state index is 13.0. The quantitative estimate of drug-likeness (QED) is 0.602. The van der Waals surface area contributed by atoms with Crippen molar-refractivity contribution < 1.29 is 14.4 Å². The SMILES string of the molecule is Cc1ccc(NC(=O)C2CC(=O)NC3NC(N4CCCCC4)NC(=O)C32)c(C)c1. The molecule has 0 bridgehead atoms. The first-order valence-corrected chi connectivity index (χ1v) is 10.4. The fourth-order valence-corrected chi connectivity index (χ4v) is 4.61. The third kappa shape index (κ3) is 4.13. The molecule has 4 unspecified atom stereocenters. The maximum absolute atomic E-state index is 13.0. The summed E-state index contributed by atoms with van der Waals surface area (Å²) >= 11 is 0. The second-order valence-electron chi connectivity index (χ2n) is 8.36. The number of carbonyl (C=O) groups excluding carboxylic acids is 3. The number of rotatable bonds is 3. The third-order valence-electron chi connectivity index (χ3n) is 6.17. The molecule has 1 aromatic carbocycles. The number of aryl methyl sites for hydroxylation is 2. The van der Waals surface area contributed by atoms with Gasteiger partial charge in [-0.05, 0) is 38.3 Å². The number of likely N-dealkylation sites (tertiary alicyclic amines) is 1. The summed E-state index contributed by atoms with van der Waals surface area (Å²) in [6.45, 7) is 5.72. The van der Waals surface area contributed by atoms with Gasteiger partial charge in [0.15, 0.2) is 0 Å². The summed E-state index contributed by atoms with van der Waals surface area (Å²) in [6.07, 6.45) is 2.52. The fourth-order valence-electron chi connectivity index (χ4n) is 4.61. The predicted molar refractivity (Wildman–Crippen MR) is 109 cm³/mol. The first kappa shape index (κ1) is 19.8. The van der Waals surface area contributed by atoms with E-state index in [1.54, 1.807) is 0 Å². The van der Waals surface area contributed by atoms with Crippen LogP contribution in [0.4, 0.5) is 5.69 Å². The summed E-state index contributed by atoms with van der Waals surface area (Å²) in [7, 11) is 0. The number of hydrogen-bond donors (Lipinski definition) is 4. The lowest BCUT2D eigenvalue weighted by Crippen LogP contribution is -2.74. The van der Waals surface area contributed by atoms with E-state index in [1.807, 2.05) is 32.0 Å². The topological polar surface area (TPSA) is 103 Å². The summed E-state index contributed by atoms with van der Waals surface area (Å²) in [5, 5.41) is 12.1. The lowest BCUT2D eigenvalue weighted by atomic mass is 9.81. The molecule has 4 rings (SSSR count). The number of anilines is 1. The smallest absolute Gasteiger partial charge is 0.229 e. The van der Waals surface area contributed by atoms with E-state index in [2.05, 4.69) is 26.2 Å². The van der Waals surface area contributed by atoms with Crippen LogP contribution in [0.15, 0.2) is 18.2 Å². The van der Waals surface area contributed by atoms with Gasteiger partial charge in [-0.1, -0.05) is 24.1 Å². The summed E-state index contributed by atoms with van der Waals surface area (Å²) in [6, 6.07) is 5.77. The summed E-state index contributed by atoms with van der Waals surface area (Å²) in [5.74, 6) is -2.06. The van der Waals surface area contributed by atoms with Crippen molar-refractivity contribution in [1.82, 2.24) is 20.9 Å². The number of nitrogens with zero attached hydrogens (tertiary/aromatic N) is 1. The summed E-state index contributed by atoms with van der Waals surface area (Å²) in [4.78, 5) is 40.5. The molecule has 3 amide bonds. The van der Waals surface area contributed by atoms with Crippen LogP contribution in [0.2, 0.25) is 0 Å². The highest BCUT2D eigenvalue weighted by Crippen LogP contribution is 2.29. The second kappa shape index (κ2) is 8.12. The Kier molecular flexibility index (Phi) is 5.56. The minimum atomic E-state index is -0.718. The first-order chi connectivity index (χ1) is 13.9. The lowest BCUT2D eigenvalue weighted by molar-refractivity contribution is -0.147. The van der Waals surface area contributed by atoms with Gasteiger partial charge in [-0.15, -0.1) is 0 Å². The Bertz CT molecular complexity index is 821. The zero-order valence-corrected chi connectivity index (χ0v) is 17.0. The van der Waals surface area contributed by atoms with Gasteiger partial charge < -0.3 is 16.0 Å². The van der Waals surface area contributed by atoms with Crippen molar-refractivity contribution in [2.24, 2.45) is 11.8 Å². The van der Waals surface area contributed by atoms with Crippen LogP contribution in [-0.2, 0) is 14.4 Å². The average molecular weight is 399 g/mol. The van der Waals surface area contributed by atoms with Crippen LogP contribution in [0.3, 0.4) is 0 Å². The van der Waals surface area contributed by atoms with Crippen molar-refractivity contribution in [2.45, 2.75) is 52.0 Å². The van der Waals surface area contributed by atoms with Gasteiger partial charge in [0.05, 0.1) is 18.0 Å². The minimum absolute atomic E-state index is 0.00138. The fraction of sp³-hybridized carbons (Fsp3) is 0.571. The van der Waals surface area contributed by atoms with Crippen molar-refractivity contribution in [3.05, 3.63) is 29.3 Å². The molecule has 8 nitrogen and oxygen atoms in total. The van der Waals surface area contributed by atoms with Crippen molar-refractivity contribution in [1.29, 1.82) is 0 Å². The van der Waals surface area contributed by atoms with Crippen molar-refractivity contribution in [3.63, 3.8) is 0 Å². The zero-order valence-electron chi connectivity index (χ0n) is 17.0. The highest BCUT2D eigenvalue weighted by atomic mass is 16.2. The van der Waals surface area contributed by atoms with Crippen LogP contribution in [-0.4, -0.2) is 48.2 Å². The van der Waals surface area contributed by atoms with E-state index in [-0.39, 0.29) is 30.4 Å². The molecule has 0 radical (unpaired) electrons. The molecule has 3 fully saturated rings. The lowest BCUT2D eigenvalue weighted by Gasteiger charge is -2.46. The average Bonchev–Trinajstić information content (AvgIpc) is 2.69. The van der Waals surface area contributed by atoms with Gasteiger partial charge in [0, 0.05) is 25.2 Å². The second-order valence-corrected chi connectivity index (χ2v) is 8.36. The van der Waals surface area contributed by atoms with Crippen LogP contribution >= 0.6 is 0 Å². The molecule has 156 valence electrons. The third-order valence-corrected chi connectivity index (χ3v) is 6.17. The molecule has 3 aliphatic heterocycles. The predicted octanol–water partition coefficient (Wildman–Crippen LogP) is 0.809. The molecule has 3 heterocycles. The summed E-state index contributed by atoms with van der Waals surface area (Å²) in [5.41, 5.74) is 2.77. The Labute approximate surface area is 170 Å². The molecular formula is C21H29N5O3. The van der Waals surface area contributed by atoms with Gasteiger partial charge in [0.2, 0.25) is 17.7 Å². The minimum Gasteiger partial charge on any atom is -0.340 e. The van der Waals surface area contributed by atoms with E-state index in [9.17, 15) is 14.4 Å². The van der Waals surface area contributed by atoms with E-state index in [1.165, 1.54) is 6.42 Å². The van der Waals surface area contributed by atoms with E-state index < -0.39 is 18.0 Å². The number of benzene rings is 1. The van der Waals surface area contributed by atoms with Gasteiger partial charge in [0.25, 0.3) is 0 Å². The molecule has 4 atom stereocenters. The maximum Gasteiger partial charge on any atom is 0.229 e. The van der Waals surface area contributed by atoms with Crippen molar-refractivity contribution in [2.75, 3.05) is 18.4 Å².